The molecule has 5 rings (SSSR count). The van der Waals surface area contributed by atoms with Crippen molar-refractivity contribution in [1.29, 1.82) is 5.26 Å². The maximum atomic E-state index is 9.28. The number of nitrogens with zero attached hydrogens (tertiary/aromatic N) is 4. The summed E-state index contributed by atoms with van der Waals surface area (Å²) >= 11 is 3.48. The van der Waals surface area contributed by atoms with Gasteiger partial charge < -0.3 is 9.64 Å². The highest BCUT2D eigenvalue weighted by atomic mass is 32.1. The summed E-state index contributed by atoms with van der Waals surface area (Å²) in [4.78, 5) is 11.2. The largest absolute Gasteiger partial charge is 0.505 e. The van der Waals surface area contributed by atoms with Crippen LogP contribution in [0.1, 0.15) is 18.7 Å². The van der Waals surface area contributed by atoms with Crippen LogP contribution < -0.4 is 4.90 Å². The third kappa shape index (κ3) is 4.39. The van der Waals surface area contributed by atoms with Gasteiger partial charge in [0.25, 0.3) is 5.70 Å². The fourth-order valence-electron chi connectivity index (χ4n) is 4.35. The Kier molecular flexibility index (Phi) is 6.10. The zero-order valence-electron chi connectivity index (χ0n) is 20.8. The minimum atomic E-state index is -0.807. The van der Waals surface area contributed by atoms with Crippen molar-refractivity contribution in [1.82, 2.24) is 0 Å². The molecule has 0 unspecified atom stereocenters. The van der Waals surface area contributed by atoms with Crippen LogP contribution in [-0.4, -0.2) is 19.7 Å². The van der Waals surface area contributed by atoms with Gasteiger partial charge in [0.05, 0.1) is 19.2 Å². The molecular formula is C30H22N4OS2. The summed E-state index contributed by atoms with van der Waals surface area (Å²) in [6, 6.07) is 19.4. The molecule has 0 N–H and O–H groups in total. The SMILES string of the molecule is [C-]#[N+]C1=C(/C=C/c2cc3cc4sc(-c5ccc(N(C)C)cc5)cc4cc3s2)C(C)(C)O/C1=C(\C#N)[N+]#[C-]. The monoisotopic (exact) mass is 518 g/mol. The summed E-state index contributed by atoms with van der Waals surface area (Å²) in [5, 5.41) is 11.7. The lowest BCUT2D eigenvalue weighted by Crippen LogP contribution is -2.20. The summed E-state index contributed by atoms with van der Waals surface area (Å²) in [6.45, 7) is 18.6. The molecule has 0 atom stereocenters. The zero-order valence-corrected chi connectivity index (χ0v) is 22.4. The second-order valence-corrected chi connectivity index (χ2v) is 11.5. The minimum Gasteiger partial charge on any atom is -0.505 e. The molecule has 180 valence electrons. The van der Waals surface area contributed by atoms with E-state index in [0.29, 0.717) is 5.57 Å². The van der Waals surface area contributed by atoms with Crippen LogP contribution in [0.3, 0.4) is 0 Å². The van der Waals surface area contributed by atoms with E-state index in [4.69, 9.17) is 17.9 Å². The van der Waals surface area contributed by atoms with Crippen molar-refractivity contribution in [2.24, 2.45) is 0 Å². The van der Waals surface area contributed by atoms with E-state index >= 15 is 0 Å². The molecule has 0 saturated carbocycles. The van der Waals surface area contributed by atoms with Crippen LogP contribution in [0.4, 0.5) is 5.69 Å². The molecule has 0 bridgehead atoms. The maximum Gasteiger partial charge on any atom is 0.292 e. The summed E-state index contributed by atoms with van der Waals surface area (Å²) in [5.41, 5.74) is 2.28. The molecule has 3 heterocycles. The highest BCUT2D eigenvalue weighted by Gasteiger charge is 2.38. The number of hydrogen-bond acceptors (Lipinski definition) is 5. The average Bonchev–Trinajstić information content (AvgIpc) is 3.54. The summed E-state index contributed by atoms with van der Waals surface area (Å²) in [7, 11) is 4.09. The van der Waals surface area contributed by atoms with Crippen molar-refractivity contribution in [2.45, 2.75) is 19.4 Å². The number of nitriles is 1. The average molecular weight is 519 g/mol. The van der Waals surface area contributed by atoms with E-state index < -0.39 is 5.60 Å². The van der Waals surface area contributed by atoms with Crippen molar-refractivity contribution in [3.05, 3.63) is 105 Å². The molecule has 0 saturated heterocycles. The lowest BCUT2D eigenvalue weighted by Gasteiger charge is -2.21. The molecule has 0 spiro atoms. The smallest absolute Gasteiger partial charge is 0.292 e. The number of hydrogen-bond donors (Lipinski definition) is 0. The highest BCUT2D eigenvalue weighted by Crippen LogP contribution is 2.42. The first-order valence-electron chi connectivity index (χ1n) is 11.5. The van der Waals surface area contributed by atoms with Gasteiger partial charge in [-0.1, -0.05) is 18.2 Å². The number of ether oxygens (including phenoxy) is 1. The molecule has 1 aliphatic heterocycles. The number of thiophene rings is 2. The van der Waals surface area contributed by atoms with Crippen LogP contribution >= 0.6 is 22.7 Å². The van der Waals surface area contributed by atoms with E-state index in [-0.39, 0.29) is 17.2 Å². The molecule has 7 heteroatoms. The molecule has 0 fully saturated rings. The van der Waals surface area contributed by atoms with Gasteiger partial charge in [-0.3, -0.25) is 0 Å². The van der Waals surface area contributed by atoms with Crippen molar-refractivity contribution >= 4 is 54.6 Å². The predicted octanol–water partition coefficient (Wildman–Crippen LogP) is 8.50. The second-order valence-electron chi connectivity index (χ2n) is 9.35. The topological polar surface area (TPSA) is 45.0 Å². The van der Waals surface area contributed by atoms with Gasteiger partial charge in [-0.2, -0.15) is 0 Å². The lowest BCUT2D eigenvalue weighted by atomic mass is 9.97. The minimum absolute atomic E-state index is 0.0703. The number of rotatable bonds is 4. The number of anilines is 1. The van der Waals surface area contributed by atoms with E-state index in [1.165, 1.54) is 36.3 Å². The van der Waals surface area contributed by atoms with Gasteiger partial charge >= 0.3 is 0 Å². The van der Waals surface area contributed by atoms with Gasteiger partial charge in [0.1, 0.15) is 11.4 Å². The molecule has 4 aromatic rings. The molecule has 1 aliphatic rings. The molecule has 2 aromatic heterocycles. The van der Waals surface area contributed by atoms with Crippen LogP contribution in [0.15, 0.2) is 77.3 Å². The van der Waals surface area contributed by atoms with E-state index in [0.717, 1.165) is 4.88 Å². The Morgan fingerprint density at radius 3 is 2.30 bits per heavy atom. The Hall–Kier alpha value is -4.35. The van der Waals surface area contributed by atoms with Gasteiger partial charge in [-0.05, 0) is 72.7 Å². The third-order valence-corrected chi connectivity index (χ3v) is 8.49. The number of fused-ring (bicyclic) bond motifs is 2. The van der Waals surface area contributed by atoms with Crippen molar-refractivity contribution in [3.63, 3.8) is 0 Å². The Morgan fingerprint density at radius 1 is 1.00 bits per heavy atom. The van der Waals surface area contributed by atoms with Crippen LogP contribution in [0.25, 0.3) is 46.4 Å². The summed E-state index contributed by atoms with van der Waals surface area (Å²) in [5.74, 6) is 0.0703. The number of benzene rings is 2. The van der Waals surface area contributed by atoms with Crippen molar-refractivity contribution in [3.8, 4) is 16.5 Å². The molecule has 0 radical (unpaired) electrons. The van der Waals surface area contributed by atoms with Crippen LogP contribution in [-0.2, 0) is 4.74 Å². The van der Waals surface area contributed by atoms with Crippen molar-refractivity contribution in [2.75, 3.05) is 19.0 Å². The van der Waals surface area contributed by atoms with Gasteiger partial charge in [-0.15, -0.1) is 22.7 Å². The second kappa shape index (κ2) is 9.26. The van der Waals surface area contributed by atoms with Crippen molar-refractivity contribution < 1.29 is 4.74 Å². The number of allylic oxidation sites excluding steroid dienone is 1. The standard InChI is InChI=1S/C30H22N4OS2/c1-30(2)23(28(33-4)29(35-30)24(17-31)32-3)12-11-22-13-19-14-27-20(16-26(19)36-22)15-25(37-27)18-7-9-21(10-8-18)34(5)6/h7-16H,1-2,5-6H3/b12-11+,29-24+. The molecular weight excluding hydrogens is 496 g/mol. The van der Waals surface area contributed by atoms with Gasteiger partial charge in [0.15, 0.2) is 0 Å². The maximum absolute atomic E-state index is 9.28. The molecule has 0 aliphatic carbocycles. The third-order valence-electron chi connectivity index (χ3n) is 6.28. The van der Waals surface area contributed by atoms with Gasteiger partial charge in [0.2, 0.25) is 5.70 Å². The van der Waals surface area contributed by atoms with Crippen LogP contribution in [0, 0.1) is 24.5 Å². The first kappa shape index (κ1) is 24.3. The highest BCUT2D eigenvalue weighted by molar-refractivity contribution is 7.23. The Morgan fingerprint density at radius 2 is 1.68 bits per heavy atom. The lowest BCUT2D eigenvalue weighted by molar-refractivity contribution is 0.0952. The van der Waals surface area contributed by atoms with Crippen LogP contribution in [0.2, 0.25) is 0 Å². The Balaban J connectivity index is 1.48. The van der Waals surface area contributed by atoms with E-state index in [1.807, 2.05) is 46.2 Å². The Labute approximate surface area is 224 Å². The van der Waals surface area contributed by atoms with Gasteiger partial charge in [0, 0.05) is 44.5 Å². The normalized spacial score (nSPS) is 16.0. The molecule has 5 nitrogen and oxygen atoms in total. The zero-order chi connectivity index (χ0) is 26.3. The van der Waals surface area contributed by atoms with E-state index in [9.17, 15) is 5.26 Å². The summed E-state index contributed by atoms with van der Waals surface area (Å²) in [6.07, 6.45) is 3.86. The fraction of sp³-hybridized carbons (Fsp3) is 0.167. The molecule has 0 amide bonds. The van der Waals surface area contributed by atoms with E-state index in [2.05, 4.69) is 63.1 Å². The first-order valence-corrected chi connectivity index (χ1v) is 13.1. The first-order chi connectivity index (χ1) is 17.7. The quantitative estimate of drug-likeness (QED) is 0.201. The fourth-order valence-corrected chi connectivity index (χ4v) is 6.45. The Bertz CT molecular complexity index is 1710. The van der Waals surface area contributed by atoms with E-state index in [1.54, 1.807) is 22.7 Å². The molecule has 37 heavy (non-hydrogen) atoms. The molecule has 2 aromatic carbocycles. The predicted molar refractivity (Wildman–Crippen MR) is 154 cm³/mol. The van der Waals surface area contributed by atoms with Crippen LogP contribution in [0.5, 0.6) is 0 Å². The van der Waals surface area contributed by atoms with Gasteiger partial charge in [-0.25, -0.2) is 15.0 Å². The summed E-state index contributed by atoms with van der Waals surface area (Å²) < 4.78 is 8.31.